The molecule has 0 bridgehead atoms. The van der Waals surface area contributed by atoms with E-state index in [0.29, 0.717) is 5.69 Å². The van der Waals surface area contributed by atoms with Crippen LogP contribution in [0.4, 0.5) is 5.69 Å². The summed E-state index contributed by atoms with van der Waals surface area (Å²) in [6.45, 7) is 0. The van der Waals surface area contributed by atoms with Crippen LogP contribution < -0.4 is 10.9 Å². The van der Waals surface area contributed by atoms with Crippen LogP contribution in [0.3, 0.4) is 0 Å². The molecule has 9 heteroatoms. The van der Waals surface area contributed by atoms with E-state index in [4.69, 9.17) is 12.2 Å². The largest absolute Gasteiger partial charge is 0.494 e. The van der Waals surface area contributed by atoms with Crippen LogP contribution in [0.2, 0.25) is 0 Å². The summed E-state index contributed by atoms with van der Waals surface area (Å²) in [7, 11) is 0. The molecule has 0 saturated heterocycles. The van der Waals surface area contributed by atoms with E-state index in [1.54, 1.807) is 30.5 Å². The summed E-state index contributed by atoms with van der Waals surface area (Å²) < 4.78 is -0.0621. The number of hydrogen-bond acceptors (Lipinski definition) is 5. The molecule has 0 radical (unpaired) electrons. The first-order valence-corrected chi connectivity index (χ1v) is 6.92. The Bertz CT molecular complexity index is 957. The molecule has 5 N–H and O–H groups in total. The highest BCUT2D eigenvalue weighted by Gasteiger charge is 2.17. The summed E-state index contributed by atoms with van der Waals surface area (Å²) in [4.78, 5) is 28.4. The number of anilines is 1. The summed E-state index contributed by atoms with van der Waals surface area (Å²) in [6, 6.07) is 8.73. The quantitative estimate of drug-likeness (QED) is 0.468. The van der Waals surface area contributed by atoms with Gasteiger partial charge in [0.05, 0.1) is 5.69 Å². The molecule has 3 aromatic rings. The van der Waals surface area contributed by atoms with Crippen molar-refractivity contribution in [1.82, 2.24) is 20.2 Å². The fourth-order valence-electron chi connectivity index (χ4n) is 2.03. The van der Waals surface area contributed by atoms with Gasteiger partial charge in [-0.3, -0.25) is 19.7 Å². The second-order valence-electron chi connectivity index (χ2n) is 4.63. The number of nitrogens with one attached hydrogen (secondary N) is 4. The van der Waals surface area contributed by atoms with E-state index in [9.17, 15) is 14.7 Å². The van der Waals surface area contributed by atoms with E-state index in [2.05, 4.69) is 25.5 Å². The predicted molar refractivity (Wildman–Crippen MR) is 85.9 cm³/mol. The third-order valence-electron chi connectivity index (χ3n) is 3.10. The highest BCUT2D eigenvalue weighted by atomic mass is 32.1. The maximum absolute atomic E-state index is 12.1. The zero-order chi connectivity index (χ0) is 16.4. The maximum atomic E-state index is 12.1. The van der Waals surface area contributed by atoms with Crippen LogP contribution in [-0.4, -0.2) is 31.2 Å². The summed E-state index contributed by atoms with van der Waals surface area (Å²) in [5, 5.41) is 18.9. The number of H-pyrrole nitrogens is 3. The van der Waals surface area contributed by atoms with Gasteiger partial charge in [-0.25, -0.2) is 0 Å². The van der Waals surface area contributed by atoms with Crippen molar-refractivity contribution in [2.75, 3.05) is 5.32 Å². The minimum Gasteiger partial charge on any atom is -0.494 e. The fourth-order valence-corrected chi connectivity index (χ4v) is 2.22. The first-order valence-electron chi connectivity index (χ1n) is 6.51. The van der Waals surface area contributed by atoms with Crippen molar-refractivity contribution >= 4 is 23.8 Å². The molecular formula is C14H11N5O3S. The number of nitrogens with zero attached hydrogens (tertiary/aromatic N) is 1. The number of rotatable bonds is 3. The van der Waals surface area contributed by atoms with Crippen molar-refractivity contribution in [1.29, 1.82) is 0 Å². The second-order valence-corrected chi connectivity index (χ2v) is 5.04. The lowest BCUT2D eigenvalue weighted by molar-refractivity contribution is 0.102. The Morgan fingerprint density at radius 3 is 2.52 bits per heavy atom. The predicted octanol–water partition coefficient (Wildman–Crippen LogP) is 1.78. The normalized spacial score (nSPS) is 10.4. The van der Waals surface area contributed by atoms with Crippen molar-refractivity contribution in [3.63, 3.8) is 0 Å². The molecule has 0 aliphatic rings. The lowest BCUT2D eigenvalue weighted by Gasteiger charge is -2.06. The Balaban J connectivity index is 1.84. The summed E-state index contributed by atoms with van der Waals surface area (Å²) in [6.07, 6.45) is 1.64. The molecule has 0 atom stereocenters. The van der Waals surface area contributed by atoms with E-state index in [1.807, 2.05) is 6.07 Å². The van der Waals surface area contributed by atoms with E-state index in [0.717, 1.165) is 11.3 Å². The van der Waals surface area contributed by atoms with E-state index in [1.165, 1.54) is 0 Å². The van der Waals surface area contributed by atoms with Gasteiger partial charge in [-0.1, -0.05) is 12.1 Å². The molecule has 0 spiro atoms. The van der Waals surface area contributed by atoms with Crippen LogP contribution in [0.15, 0.2) is 41.3 Å². The molecule has 116 valence electrons. The van der Waals surface area contributed by atoms with Gasteiger partial charge in [0.25, 0.3) is 11.5 Å². The van der Waals surface area contributed by atoms with E-state index >= 15 is 0 Å². The van der Waals surface area contributed by atoms with Gasteiger partial charge < -0.3 is 15.4 Å². The maximum Gasteiger partial charge on any atom is 0.268 e. The number of aromatic nitrogens is 4. The second kappa shape index (κ2) is 5.89. The van der Waals surface area contributed by atoms with Crippen LogP contribution in [0.5, 0.6) is 5.88 Å². The molecule has 0 aliphatic carbocycles. The first-order chi connectivity index (χ1) is 11.0. The minimum atomic E-state index is -0.766. The SMILES string of the molecule is O=C(Nc1ccc(-c2ccn[nH]2)cc1)c1c(O)[nH]c(=S)[nH]c1=O. The molecule has 1 amide bonds. The molecule has 8 nitrogen and oxygen atoms in total. The third kappa shape index (κ3) is 3.04. The van der Waals surface area contributed by atoms with Gasteiger partial charge in [-0.15, -0.1) is 0 Å². The Kier molecular flexibility index (Phi) is 3.77. The zero-order valence-electron chi connectivity index (χ0n) is 11.6. The van der Waals surface area contributed by atoms with Crippen molar-refractivity contribution in [3.05, 3.63) is 57.2 Å². The Hall–Kier alpha value is -3.20. The third-order valence-corrected chi connectivity index (χ3v) is 3.31. The van der Waals surface area contributed by atoms with Crippen LogP contribution in [0, 0.1) is 4.77 Å². The fraction of sp³-hybridized carbons (Fsp3) is 0. The summed E-state index contributed by atoms with van der Waals surface area (Å²) >= 11 is 4.71. The molecule has 0 aliphatic heterocycles. The van der Waals surface area contributed by atoms with Gasteiger partial charge in [0.1, 0.15) is 0 Å². The van der Waals surface area contributed by atoms with E-state index in [-0.39, 0.29) is 4.77 Å². The number of aromatic hydroxyl groups is 1. The minimum absolute atomic E-state index is 0.0621. The average molecular weight is 329 g/mol. The number of carbonyl (C=O) groups is 1. The van der Waals surface area contributed by atoms with Gasteiger partial charge in [-0.2, -0.15) is 5.10 Å². The van der Waals surface area contributed by atoms with Gasteiger partial charge in [0, 0.05) is 11.9 Å². The van der Waals surface area contributed by atoms with Crippen molar-refractivity contribution in [2.45, 2.75) is 0 Å². The van der Waals surface area contributed by atoms with E-state index < -0.39 is 22.9 Å². The number of aromatic amines is 3. The van der Waals surface area contributed by atoms with Gasteiger partial charge in [0.15, 0.2) is 10.3 Å². The lowest BCUT2D eigenvalue weighted by atomic mass is 10.1. The molecule has 0 fully saturated rings. The monoisotopic (exact) mass is 329 g/mol. The molecule has 23 heavy (non-hydrogen) atoms. The van der Waals surface area contributed by atoms with Crippen LogP contribution in [0.1, 0.15) is 10.4 Å². The number of amides is 1. The number of carbonyl (C=O) groups excluding carboxylic acids is 1. The molecule has 2 heterocycles. The Morgan fingerprint density at radius 2 is 1.91 bits per heavy atom. The molecule has 0 saturated carbocycles. The van der Waals surface area contributed by atoms with Gasteiger partial charge in [0.2, 0.25) is 5.88 Å². The molecule has 3 rings (SSSR count). The molecule has 1 aromatic carbocycles. The number of hydrogen-bond donors (Lipinski definition) is 5. The van der Waals surface area contributed by atoms with Crippen LogP contribution in [-0.2, 0) is 0 Å². The standard InChI is InChI=1S/C14H11N5O3S/c20-11(10-12(21)17-14(23)18-13(10)22)16-8-3-1-7(2-4-8)9-5-6-15-19-9/h1-6H,(H,15,19)(H,16,20)(H3,17,18,21,22,23). The Labute approximate surface area is 134 Å². The van der Waals surface area contributed by atoms with Gasteiger partial charge >= 0.3 is 0 Å². The summed E-state index contributed by atoms with van der Waals surface area (Å²) in [5.41, 5.74) is 1.01. The molecular weight excluding hydrogens is 318 g/mol. The van der Waals surface area contributed by atoms with Crippen LogP contribution in [0.25, 0.3) is 11.3 Å². The highest BCUT2D eigenvalue weighted by Crippen LogP contribution is 2.19. The van der Waals surface area contributed by atoms with Crippen LogP contribution >= 0.6 is 12.2 Å². The highest BCUT2D eigenvalue weighted by molar-refractivity contribution is 7.71. The molecule has 0 unspecified atom stereocenters. The van der Waals surface area contributed by atoms with Crippen molar-refractivity contribution in [2.24, 2.45) is 0 Å². The van der Waals surface area contributed by atoms with Gasteiger partial charge in [-0.05, 0) is 36.0 Å². The van der Waals surface area contributed by atoms with Crippen molar-refractivity contribution < 1.29 is 9.90 Å². The number of benzene rings is 1. The Morgan fingerprint density at radius 1 is 1.17 bits per heavy atom. The lowest BCUT2D eigenvalue weighted by Crippen LogP contribution is -2.24. The topological polar surface area (TPSA) is 127 Å². The average Bonchev–Trinajstić information content (AvgIpc) is 3.01. The zero-order valence-corrected chi connectivity index (χ0v) is 12.4. The molecule has 2 aromatic heterocycles. The summed E-state index contributed by atoms with van der Waals surface area (Å²) in [5.74, 6) is -1.32. The smallest absolute Gasteiger partial charge is 0.268 e. The van der Waals surface area contributed by atoms with Crippen molar-refractivity contribution in [3.8, 4) is 17.1 Å². The first kappa shape index (κ1) is 14.7.